The molecule has 1 fully saturated rings. The van der Waals surface area contributed by atoms with Crippen LogP contribution >= 0.6 is 23.2 Å². The van der Waals surface area contributed by atoms with Crippen molar-refractivity contribution in [1.82, 2.24) is 19.7 Å². The largest absolute Gasteiger partial charge is 0.456 e. The highest BCUT2D eigenvalue weighted by atomic mass is 35.5. The SMILES string of the molecule is C=CC(=O)N1CCC[C@@H](n2nc3ccncc3c2-c2ccc(Oc3cccc(Cl)c3Cl)cc2)C1. The molecule has 172 valence electrons. The highest BCUT2D eigenvalue weighted by molar-refractivity contribution is 6.42. The van der Waals surface area contributed by atoms with Crippen LogP contribution in [0.3, 0.4) is 0 Å². The van der Waals surface area contributed by atoms with Crippen molar-refractivity contribution in [2.24, 2.45) is 0 Å². The van der Waals surface area contributed by atoms with Gasteiger partial charge >= 0.3 is 0 Å². The lowest BCUT2D eigenvalue weighted by Crippen LogP contribution is -2.40. The number of hydrogen-bond acceptors (Lipinski definition) is 4. The van der Waals surface area contributed by atoms with Crippen LogP contribution in [0.15, 0.2) is 73.6 Å². The van der Waals surface area contributed by atoms with Gasteiger partial charge in [-0.05, 0) is 61.4 Å². The predicted molar refractivity (Wildman–Crippen MR) is 135 cm³/mol. The van der Waals surface area contributed by atoms with E-state index in [0.717, 1.165) is 41.5 Å². The second kappa shape index (κ2) is 9.49. The van der Waals surface area contributed by atoms with Gasteiger partial charge in [-0.25, -0.2) is 0 Å². The highest BCUT2D eigenvalue weighted by Crippen LogP contribution is 2.37. The third-order valence-corrected chi connectivity index (χ3v) is 6.80. The van der Waals surface area contributed by atoms with E-state index >= 15 is 0 Å². The summed E-state index contributed by atoms with van der Waals surface area (Å²) in [5, 5.41) is 6.67. The number of fused-ring (bicyclic) bond motifs is 1. The quantitative estimate of drug-likeness (QED) is 0.296. The number of piperidine rings is 1. The van der Waals surface area contributed by atoms with Crippen LogP contribution in [-0.2, 0) is 4.79 Å². The Kier molecular flexibility index (Phi) is 6.26. The summed E-state index contributed by atoms with van der Waals surface area (Å²) >= 11 is 12.4. The van der Waals surface area contributed by atoms with Gasteiger partial charge in [-0.3, -0.25) is 14.5 Å². The van der Waals surface area contributed by atoms with E-state index in [1.807, 2.05) is 46.1 Å². The Balaban J connectivity index is 1.50. The monoisotopic (exact) mass is 492 g/mol. The molecule has 4 aromatic rings. The molecule has 1 atom stereocenters. The van der Waals surface area contributed by atoms with E-state index in [0.29, 0.717) is 28.1 Å². The Labute approximate surface area is 207 Å². The summed E-state index contributed by atoms with van der Waals surface area (Å²) in [6, 6.07) is 15.0. The lowest BCUT2D eigenvalue weighted by molar-refractivity contribution is -0.127. The Morgan fingerprint density at radius 2 is 1.97 bits per heavy atom. The fourth-order valence-corrected chi connectivity index (χ4v) is 4.68. The fourth-order valence-electron chi connectivity index (χ4n) is 4.35. The number of hydrogen-bond donors (Lipinski definition) is 0. The summed E-state index contributed by atoms with van der Waals surface area (Å²) in [7, 11) is 0. The van der Waals surface area contributed by atoms with Gasteiger partial charge in [0.1, 0.15) is 16.5 Å². The van der Waals surface area contributed by atoms with Gasteiger partial charge in [0.25, 0.3) is 0 Å². The molecule has 1 saturated heterocycles. The Morgan fingerprint density at radius 1 is 1.15 bits per heavy atom. The molecule has 1 aliphatic heterocycles. The number of carbonyl (C=O) groups excluding carboxylic acids is 1. The molecule has 8 heteroatoms. The van der Waals surface area contributed by atoms with Crippen LogP contribution in [-0.4, -0.2) is 38.7 Å². The number of amides is 1. The number of pyridine rings is 1. The first-order valence-electron chi connectivity index (χ1n) is 11.0. The molecule has 0 unspecified atom stereocenters. The van der Waals surface area contributed by atoms with Gasteiger partial charge in [-0.1, -0.05) is 35.8 Å². The molecule has 0 spiro atoms. The lowest BCUT2D eigenvalue weighted by atomic mass is 10.0. The summed E-state index contributed by atoms with van der Waals surface area (Å²) < 4.78 is 7.98. The molecule has 0 N–H and O–H groups in total. The minimum absolute atomic E-state index is 0.0502. The fraction of sp³-hybridized carbons (Fsp3) is 0.192. The second-order valence-corrected chi connectivity index (χ2v) is 8.93. The molecule has 3 heterocycles. The third-order valence-electron chi connectivity index (χ3n) is 6.00. The molecule has 2 aromatic carbocycles. The molecule has 1 amide bonds. The number of ether oxygens (including phenoxy) is 1. The standard InChI is InChI=1S/C26H22Cl2N4O2/c1-2-24(33)31-14-4-5-18(16-31)32-26(20-15-29-13-12-22(20)30-32)17-8-10-19(11-9-17)34-23-7-3-6-21(27)25(23)28/h2-3,6-13,15,18H,1,4-5,14,16H2/t18-/m1/s1. The van der Waals surface area contributed by atoms with E-state index in [1.54, 1.807) is 24.4 Å². The van der Waals surface area contributed by atoms with Crippen LogP contribution in [0.5, 0.6) is 11.5 Å². The van der Waals surface area contributed by atoms with Crippen molar-refractivity contribution in [2.45, 2.75) is 18.9 Å². The van der Waals surface area contributed by atoms with Crippen molar-refractivity contribution in [2.75, 3.05) is 13.1 Å². The number of likely N-dealkylation sites (tertiary alicyclic amines) is 1. The van der Waals surface area contributed by atoms with Crippen molar-refractivity contribution in [3.05, 3.63) is 83.6 Å². The van der Waals surface area contributed by atoms with Gasteiger partial charge < -0.3 is 9.64 Å². The third kappa shape index (κ3) is 4.27. The average Bonchev–Trinajstić information content (AvgIpc) is 3.26. The first-order valence-corrected chi connectivity index (χ1v) is 11.8. The topological polar surface area (TPSA) is 60.2 Å². The maximum atomic E-state index is 12.2. The number of aromatic nitrogens is 3. The minimum Gasteiger partial charge on any atom is -0.456 e. The molecule has 6 nitrogen and oxygen atoms in total. The van der Waals surface area contributed by atoms with Crippen LogP contribution in [0.4, 0.5) is 0 Å². The van der Waals surface area contributed by atoms with Gasteiger partial charge in [-0.2, -0.15) is 5.10 Å². The van der Waals surface area contributed by atoms with Gasteiger partial charge in [-0.15, -0.1) is 0 Å². The van der Waals surface area contributed by atoms with Gasteiger partial charge in [0.05, 0.1) is 22.3 Å². The average molecular weight is 493 g/mol. The summed E-state index contributed by atoms with van der Waals surface area (Å²) in [4.78, 5) is 18.4. The Bertz CT molecular complexity index is 1370. The van der Waals surface area contributed by atoms with Crippen LogP contribution < -0.4 is 4.74 Å². The number of carbonyl (C=O) groups is 1. The summed E-state index contributed by atoms with van der Waals surface area (Å²) in [6.07, 6.45) is 6.79. The summed E-state index contributed by atoms with van der Waals surface area (Å²) in [6.45, 7) is 4.96. The summed E-state index contributed by atoms with van der Waals surface area (Å²) in [5.41, 5.74) is 2.81. The van der Waals surface area contributed by atoms with E-state index in [-0.39, 0.29) is 11.9 Å². The normalized spacial score (nSPS) is 15.9. The molecule has 5 rings (SSSR count). The zero-order chi connectivity index (χ0) is 23.7. The zero-order valence-corrected chi connectivity index (χ0v) is 19.8. The summed E-state index contributed by atoms with van der Waals surface area (Å²) in [5.74, 6) is 1.09. The van der Waals surface area contributed by atoms with Crippen LogP contribution in [0.1, 0.15) is 18.9 Å². The van der Waals surface area contributed by atoms with E-state index in [9.17, 15) is 4.79 Å². The number of rotatable bonds is 5. The maximum Gasteiger partial charge on any atom is 0.246 e. The zero-order valence-electron chi connectivity index (χ0n) is 18.3. The first-order chi connectivity index (χ1) is 16.5. The van der Waals surface area contributed by atoms with Gasteiger partial charge in [0, 0.05) is 36.4 Å². The van der Waals surface area contributed by atoms with Crippen molar-refractivity contribution in [1.29, 1.82) is 0 Å². The Hall–Kier alpha value is -3.35. The van der Waals surface area contributed by atoms with Crippen LogP contribution in [0.2, 0.25) is 10.0 Å². The van der Waals surface area contributed by atoms with Crippen molar-refractivity contribution < 1.29 is 9.53 Å². The van der Waals surface area contributed by atoms with E-state index in [1.165, 1.54) is 6.08 Å². The van der Waals surface area contributed by atoms with E-state index < -0.39 is 0 Å². The molecule has 1 aliphatic rings. The second-order valence-electron chi connectivity index (χ2n) is 8.15. The molecule has 0 bridgehead atoms. The smallest absolute Gasteiger partial charge is 0.246 e. The number of benzene rings is 2. The molecule has 0 radical (unpaired) electrons. The molecule has 0 aliphatic carbocycles. The predicted octanol–water partition coefficient (Wildman–Crippen LogP) is 6.55. The minimum atomic E-state index is -0.0502. The molecular formula is C26H22Cl2N4O2. The van der Waals surface area contributed by atoms with Crippen LogP contribution in [0, 0.1) is 0 Å². The molecule has 0 saturated carbocycles. The van der Waals surface area contributed by atoms with Crippen molar-refractivity contribution >= 4 is 40.0 Å². The maximum absolute atomic E-state index is 12.2. The molecular weight excluding hydrogens is 471 g/mol. The Morgan fingerprint density at radius 3 is 2.76 bits per heavy atom. The van der Waals surface area contributed by atoms with Gasteiger partial charge in [0.2, 0.25) is 5.91 Å². The molecule has 34 heavy (non-hydrogen) atoms. The van der Waals surface area contributed by atoms with Crippen molar-refractivity contribution in [3.8, 4) is 22.8 Å². The highest BCUT2D eigenvalue weighted by Gasteiger charge is 2.27. The van der Waals surface area contributed by atoms with Crippen molar-refractivity contribution in [3.63, 3.8) is 0 Å². The molecule has 2 aromatic heterocycles. The van der Waals surface area contributed by atoms with Crippen LogP contribution in [0.25, 0.3) is 22.2 Å². The van der Waals surface area contributed by atoms with E-state index in [4.69, 9.17) is 33.0 Å². The van der Waals surface area contributed by atoms with Gasteiger partial charge in [0.15, 0.2) is 0 Å². The van der Waals surface area contributed by atoms with E-state index in [2.05, 4.69) is 11.6 Å². The number of nitrogens with zero attached hydrogens (tertiary/aromatic N) is 4. The lowest BCUT2D eigenvalue weighted by Gasteiger charge is -2.33. The first kappa shape index (κ1) is 22.4. The number of halogens is 2.